The Labute approximate surface area is 116 Å². The maximum atomic E-state index is 11.2. The van der Waals surface area contributed by atoms with E-state index in [2.05, 4.69) is 0 Å². The zero-order chi connectivity index (χ0) is 14.5. The van der Waals surface area contributed by atoms with Crippen molar-refractivity contribution in [3.05, 3.63) is 29.3 Å². The lowest BCUT2D eigenvalue weighted by atomic mass is 10.1. The van der Waals surface area contributed by atoms with Gasteiger partial charge in [-0.15, -0.1) is 0 Å². The van der Waals surface area contributed by atoms with Gasteiger partial charge in [0.15, 0.2) is 0 Å². The quantitative estimate of drug-likeness (QED) is 0.836. The lowest BCUT2D eigenvalue weighted by Gasteiger charge is -2.17. The van der Waals surface area contributed by atoms with Gasteiger partial charge in [-0.2, -0.15) is 0 Å². The minimum Gasteiger partial charge on any atom is -0.493 e. The van der Waals surface area contributed by atoms with Gasteiger partial charge in [-0.25, -0.2) is 13.6 Å². The summed E-state index contributed by atoms with van der Waals surface area (Å²) in [5, 5.41) is 5.11. The summed E-state index contributed by atoms with van der Waals surface area (Å²) in [6.45, 7) is 6.38. The molecule has 1 aromatic carbocycles. The molecule has 108 valence electrons. The molecule has 0 radical (unpaired) electrons. The van der Waals surface area contributed by atoms with Crippen molar-refractivity contribution in [2.45, 2.75) is 33.6 Å². The van der Waals surface area contributed by atoms with Gasteiger partial charge in [-0.3, -0.25) is 0 Å². The van der Waals surface area contributed by atoms with Crippen molar-refractivity contribution in [3.8, 4) is 5.75 Å². The molecule has 1 rings (SSSR count). The van der Waals surface area contributed by atoms with Crippen LogP contribution < -0.4 is 9.88 Å². The molecule has 0 saturated heterocycles. The topological polar surface area (TPSA) is 69.4 Å². The molecule has 1 aromatic rings. The average Bonchev–Trinajstić information content (AvgIpc) is 2.28. The van der Waals surface area contributed by atoms with Gasteiger partial charge in [-0.1, -0.05) is 25.5 Å². The monoisotopic (exact) mass is 285 g/mol. The van der Waals surface area contributed by atoms with Crippen LogP contribution in [0.5, 0.6) is 5.75 Å². The Morgan fingerprint density at radius 1 is 1.32 bits per heavy atom. The van der Waals surface area contributed by atoms with Gasteiger partial charge < -0.3 is 4.74 Å². The van der Waals surface area contributed by atoms with Crippen molar-refractivity contribution in [1.29, 1.82) is 0 Å². The Hall–Kier alpha value is -1.07. The van der Waals surface area contributed by atoms with E-state index in [-0.39, 0.29) is 11.7 Å². The van der Waals surface area contributed by atoms with E-state index >= 15 is 0 Å². The van der Waals surface area contributed by atoms with E-state index in [9.17, 15) is 8.42 Å². The van der Waals surface area contributed by atoms with Gasteiger partial charge in [0.1, 0.15) is 5.75 Å². The zero-order valence-corrected chi connectivity index (χ0v) is 12.7. The van der Waals surface area contributed by atoms with Crippen LogP contribution in [0.15, 0.2) is 18.2 Å². The molecular weight excluding hydrogens is 262 g/mol. The fourth-order valence-corrected chi connectivity index (χ4v) is 2.94. The van der Waals surface area contributed by atoms with Crippen molar-refractivity contribution >= 4 is 10.0 Å². The molecule has 0 fully saturated rings. The molecular formula is C14H23NO3S. The minimum atomic E-state index is -3.45. The van der Waals surface area contributed by atoms with Crippen LogP contribution >= 0.6 is 0 Å². The molecule has 0 amide bonds. The second-order valence-electron chi connectivity index (χ2n) is 5.06. The summed E-state index contributed by atoms with van der Waals surface area (Å²) in [6.07, 6.45) is 1.71. The molecule has 0 bridgehead atoms. The predicted octanol–water partition coefficient (Wildman–Crippen LogP) is 2.39. The fraction of sp³-hybridized carbons (Fsp3) is 0.571. The van der Waals surface area contributed by atoms with Crippen LogP contribution in [0.1, 0.15) is 30.9 Å². The van der Waals surface area contributed by atoms with E-state index in [0.29, 0.717) is 6.61 Å². The summed E-state index contributed by atoms with van der Waals surface area (Å²) in [5.41, 5.74) is 2.18. The first kappa shape index (κ1) is 16.0. The van der Waals surface area contributed by atoms with Crippen LogP contribution in [-0.4, -0.2) is 20.8 Å². The van der Waals surface area contributed by atoms with E-state index < -0.39 is 10.0 Å². The number of sulfonamides is 1. The molecule has 0 aliphatic heterocycles. The highest BCUT2D eigenvalue weighted by Crippen LogP contribution is 2.20. The van der Waals surface area contributed by atoms with Gasteiger partial charge in [0.2, 0.25) is 10.0 Å². The van der Waals surface area contributed by atoms with Crippen LogP contribution in [0.2, 0.25) is 0 Å². The van der Waals surface area contributed by atoms with E-state index in [1.165, 1.54) is 0 Å². The van der Waals surface area contributed by atoms with Crippen molar-refractivity contribution in [2.24, 2.45) is 11.1 Å². The Kier molecular flexibility index (Phi) is 5.82. The Bertz CT molecular complexity index is 511. The fourth-order valence-electron chi connectivity index (χ4n) is 2.02. The normalized spacial score (nSPS) is 13.3. The van der Waals surface area contributed by atoms with Gasteiger partial charge in [0.05, 0.1) is 12.4 Å². The Morgan fingerprint density at radius 3 is 2.58 bits per heavy atom. The summed E-state index contributed by atoms with van der Waals surface area (Å²) in [4.78, 5) is 0. The summed E-state index contributed by atoms with van der Waals surface area (Å²) in [7, 11) is -3.45. The predicted molar refractivity (Wildman–Crippen MR) is 77.8 cm³/mol. The SMILES string of the molecule is CCCC(COc1cc(C)ccc1C)CS(N)(=O)=O. The lowest BCUT2D eigenvalue weighted by molar-refractivity contribution is 0.251. The maximum absolute atomic E-state index is 11.2. The second kappa shape index (κ2) is 6.91. The highest BCUT2D eigenvalue weighted by molar-refractivity contribution is 7.89. The largest absolute Gasteiger partial charge is 0.493 e. The van der Waals surface area contributed by atoms with Gasteiger partial charge in [0.25, 0.3) is 0 Å². The van der Waals surface area contributed by atoms with Crippen LogP contribution in [0.4, 0.5) is 0 Å². The van der Waals surface area contributed by atoms with Gasteiger partial charge >= 0.3 is 0 Å². The summed E-state index contributed by atoms with van der Waals surface area (Å²) in [5.74, 6) is 0.738. The minimum absolute atomic E-state index is 0.0221. The van der Waals surface area contributed by atoms with Gasteiger partial charge in [-0.05, 0) is 37.5 Å². The number of ether oxygens (including phenoxy) is 1. The van der Waals surface area contributed by atoms with Gasteiger partial charge in [0, 0.05) is 5.92 Å². The van der Waals surface area contributed by atoms with Crippen molar-refractivity contribution in [3.63, 3.8) is 0 Å². The number of nitrogens with two attached hydrogens (primary N) is 1. The number of hydrogen-bond donors (Lipinski definition) is 1. The molecule has 0 heterocycles. The Morgan fingerprint density at radius 2 is 2.00 bits per heavy atom. The first-order chi connectivity index (χ1) is 8.81. The molecule has 0 spiro atoms. The molecule has 5 heteroatoms. The van der Waals surface area contributed by atoms with Crippen LogP contribution in [0.25, 0.3) is 0 Å². The molecule has 4 nitrogen and oxygen atoms in total. The number of aryl methyl sites for hydroxylation is 2. The third kappa shape index (κ3) is 6.07. The molecule has 0 aromatic heterocycles. The van der Waals surface area contributed by atoms with Crippen molar-refractivity contribution < 1.29 is 13.2 Å². The molecule has 1 unspecified atom stereocenters. The van der Waals surface area contributed by atoms with Crippen LogP contribution in [0, 0.1) is 19.8 Å². The van der Waals surface area contributed by atoms with Crippen LogP contribution in [0.3, 0.4) is 0 Å². The number of rotatable bonds is 7. The van der Waals surface area contributed by atoms with E-state index in [0.717, 1.165) is 29.7 Å². The molecule has 0 saturated carbocycles. The average molecular weight is 285 g/mol. The standard InChI is InChI=1S/C14H23NO3S/c1-4-5-13(10-19(15,16)17)9-18-14-8-11(2)6-7-12(14)3/h6-8,13H,4-5,9-10H2,1-3H3,(H2,15,16,17). The second-order valence-corrected chi connectivity index (χ2v) is 6.72. The number of benzene rings is 1. The third-order valence-electron chi connectivity index (χ3n) is 2.98. The smallest absolute Gasteiger partial charge is 0.209 e. The summed E-state index contributed by atoms with van der Waals surface area (Å²) < 4.78 is 28.1. The molecule has 2 N–H and O–H groups in total. The number of primary sulfonamides is 1. The van der Waals surface area contributed by atoms with Crippen molar-refractivity contribution in [2.75, 3.05) is 12.4 Å². The summed E-state index contributed by atoms with van der Waals surface area (Å²) in [6, 6.07) is 5.99. The van der Waals surface area contributed by atoms with E-state index in [1.54, 1.807) is 0 Å². The van der Waals surface area contributed by atoms with Crippen LogP contribution in [-0.2, 0) is 10.0 Å². The number of hydrogen-bond acceptors (Lipinski definition) is 3. The first-order valence-electron chi connectivity index (χ1n) is 6.52. The Balaban J connectivity index is 2.68. The highest BCUT2D eigenvalue weighted by Gasteiger charge is 2.16. The molecule has 19 heavy (non-hydrogen) atoms. The lowest BCUT2D eigenvalue weighted by Crippen LogP contribution is -2.27. The first-order valence-corrected chi connectivity index (χ1v) is 8.24. The maximum Gasteiger partial charge on any atom is 0.209 e. The molecule has 0 aliphatic rings. The summed E-state index contributed by atoms with van der Waals surface area (Å²) >= 11 is 0. The highest BCUT2D eigenvalue weighted by atomic mass is 32.2. The molecule has 1 atom stereocenters. The van der Waals surface area contributed by atoms with E-state index in [1.807, 2.05) is 39.0 Å². The van der Waals surface area contributed by atoms with Crippen molar-refractivity contribution in [1.82, 2.24) is 0 Å². The molecule has 0 aliphatic carbocycles. The third-order valence-corrected chi connectivity index (χ3v) is 3.92. The zero-order valence-electron chi connectivity index (χ0n) is 11.8. The van der Waals surface area contributed by atoms with E-state index in [4.69, 9.17) is 9.88 Å².